The van der Waals surface area contributed by atoms with E-state index in [2.05, 4.69) is 0 Å². The molecule has 0 amide bonds. The number of alkyl halides is 3. The Morgan fingerprint density at radius 3 is 2.67 bits per heavy atom. The predicted octanol–water partition coefficient (Wildman–Crippen LogP) is 3.46. The lowest BCUT2D eigenvalue weighted by Gasteiger charge is -2.14. The highest BCUT2D eigenvalue weighted by Gasteiger charge is 2.37. The third-order valence-electron chi connectivity index (χ3n) is 1.96. The number of hydrogen-bond acceptors (Lipinski definition) is 0. The van der Waals surface area contributed by atoms with Gasteiger partial charge in [-0.1, -0.05) is 23.8 Å². The summed E-state index contributed by atoms with van der Waals surface area (Å²) in [5.41, 5.74) is 0.918. The summed E-state index contributed by atoms with van der Waals surface area (Å²) in [4.78, 5) is 0. The molecule has 0 radical (unpaired) electrons. The van der Waals surface area contributed by atoms with E-state index in [0.29, 0.717) is 6.42 Å². The molecule has 0 aliphatic heterocycles. The van der Waals surface area contributed by atoms with Crippen LogP contribution in [0.4, 0.5) is 13.2 Å². The van der Waals surface area contributed by atoms with Gasteiger partial charge in [-0.05, 0) is 19.8 Å². The van der Waals surface area contributed by atoms with Crippen LogP contribution in [0.5, 0.6) is 0 Å². The van der Waals surface area contributed by atoms with E-state index in [-0.39, 0.29) is 6.42 Å². The van der Waals surface area contributed by atoms with E-state index in [1.54, 1.807) is 6.08 Å². The maximum atomic E-state index is 12.2. The van der Waals surface area contributed by atoms with Gasteiger partial charge in [0.15, 0.2) is 0 Å². The second-order valence-corrected chi connectivity index (χ2v) is 3.03. The average molecular weight is 176 g/mol. The van der Waals surface area contributed by atoms with E-state index in [9.17, 15) is 13.2 Å². The molecule has 0 heterocycles. The first-order valence-electron chi connectivity index (χ1n) is 3.92. The van der Waals surface area contributed by atoms with E-state index in [4.69, 9.17) is 0 Å². The van der Waals surface area contributed by atoms with Crippen LogP contribution in [0.15, 0.2) is 23.8 Å². The molecule has 1 atom stereocenters. The van der Waals surface area contributed by atoms with Crippen molar-refractivity contribution >= 4 is 0 Å². The van der Waals surface area contributed by atoms with Crippen molar-refractivity contribution in [2.45, 2.75) is 25.9 Å². The zero-order chi connectivity index (χ0) is 9.19. The standard InChI is InChI=1S/C9H11F3/c1-7-3-2-4-8(6-5-7)9(10,11)12/h3,5-6,8H,2,4H2,1H3. The first kappa shape index (κ1) is 9.36. The van der Waals surface area contributed by atoms with Gasteiger partial charge in [0, 0.05) is 0 Å². The van der Waals surface area contributed by atoms with Crippen molar-refractivity contribution in [2.24, 2.45) is 5.92 Å². The van der Waals surface area contributed by atoms with Gasteiger partial charge in [0.1, 0.15) is 0 Å². The van der Waals surface area contributed by atoms with E-state index in [1.807, 2.05) is 13.0 Å². The van der Waals surface area contributed by atoms with Crippen molar-refractivity contribution in [1.29, 1.82) is 0 Å². The highest BCUT2D eigenvalue weighted by Crippen LogP contribution is 2.32. The van der Waals surface area contributed by atoms with Crippen molar-refractivity contribution in [3.63, 3.8) is 0 Å². The van der Waals surface area contributed by atoms with Crippen molar-refractivity contribution in [3.8, 4) is 0 Å². The lowest BCUT2D eigenvalue weighted by atomic mass is 10.0. The van der Waals surface area contributed by atoms with Gasteiger partial charge in [-0.15, -0.1) is 0 Å². The summed E-state index contributed by atoms with van der Waals surface area (Å²) in [5, 5.41) is 0. The van der Waals surface area contributed by atoms with Gasteiger partial charge in [0.25, 0.3) is 0 Å². The molecule has 0 aromatic rings. The highest BCUT2D eigenvalue weighted by atomic mass is 19.4. The van der Waals surface area contributed by atoms with Crippen molar-refractivity contribution < 1.29 is 13.2 Å². The molecule has 0 aromatic carbocycles. The third kappa shape index (κ3) is 2.40. The lowest BCUT2D eigenvalue weighted by Crippen LogP contribution is -2.20. The molecule has 0 saturated carbocycles. The average Bonchev–Trinajstić information content (AvgIpc) is 2.11. The Hall–Kier alpha value is -0.730. The van der Waals surface area contributed by atoms with Crippen LogP contribution in [-0.2, 0) is 0 Å². The van der Waals surface area contributed by atoms with Crippen molar-refractivity contribution in [3.05, 3.63) is 23.8 Å². The normalized spacial score (nSPS) is 25.0. The molecular weight excluding hydrogens is 165 g/mol. The van der Waals surface area contributed by atoms with E-state index >= 15 is 0 Å². The summed E-state index contributed by atoms with van der Waals surface area (Å²) >= 11 is 0. The van der Waals surface area contributed by atoms with Crippen LogP contribution in [0.25, 0.3) is 0 Å². The van der Waals surface area contributed by atoms with Crippen LogP contribution in [-0.4, -0.2) is 6.18 Å². The maximum absolute atomic E-state index is 12.2. The topological polar surface area (TPSA) is 0 Å². The molecule has 1 rings (SSSR count). The summed E-state index contributed by atoms with van der Waals surface area (Å²) in [7, 11) is 0. The van der Waals surface area contributed by atoms with Crippen LogP contribution in [0.2, 0.25) is 0 Å². The Morgan fingerprint density at radius 2 is 2.08 bits per heavy atom. The largest absolute Gasteiger partial charge is 0.395 e. The Morgan fingerprint density at radius 1 is 1.42 bits per heavy atom. The second-order valence-electron chi connectivity index (χ2n) is 3.03. The maximum Gasteiger partial charge on any atom is 0.395 e. The molecule has 3 heteroatoms. The molecule has 0 N–H and O–H groups in total. The third-order valence-corrected chi connectivity index (χ3v) is 1.96. The fraction of sp³-hybridized carbons (Fsp3) is 0.556. The molecule has 1 aliphatic rings. The predicted molar refractivity (Wildman–Crippen MR) is 41.7 cm³/mol. The molecule has 0 bridgehead atoms. The summed E-state index contributed by atoms with van der Waals surface area (Å²) < 4.78 is 36.5. The van der Waals surface area contributed by atoms with E-state index in [0.717, 1.165) is 5.57 Å². The quantitative estimate of drug-likeness (QED) is 0.530. The molecule has 12 heavy (non-hydrogen) atoms. The van der Waals surface area contributed by atoms with Gasteiger partial charge < -0.3 is 0 Å². The van der Waals surface area contributed by atoms with Crippen LogP contribution in [0.1, 0.15) is 19.8 Å². The molecular formula is C9H11F3. The van der Waals surface area contributed by atoms with Gasteiger partial charge in [-0.2, -0.15) is 13.2 Å². The molecule has 0 fully saturated rings. The summed E-state index contributed by atoms with van der Waals surface area (Å²) in [6.45, 7) is 1.81. The van der Waals surface area contributed by atoms with E-state index < -0.39 is 12.1 Å². The van der Waals surface area contributed by atoms with Gasteiger partial charge in [0.2, 0.25) is 0 Å². The SMILES string of the molecule is CC1=CCCC(C(F)(F)F)C=C1. The zero-order valence-corrected chi connectivity index (χ0v) is 6.86. The van der Waals surface area contributed by atoms with E-state index in [1.165, 1.54) is 6.08 Å². The molecule has 1 unspecified atom stereocenters. The van der Waals surface area contributed by atoms with Crippen LogP contribution in [0.3, 0.4) is 0 Å². The smallest absolute Gasteiger partial charge is 0.170 e. The summed E-state index contributed by atoms with van der Waals surface area (Å²) in [6, 6.07) is 0. The van der Waals surface area contributed by atoms with Crippen molar-refractivity contribution in [1.82, 2.24) is 0 Å². The molecule has 0 spiro atoms. The highest BCUT2D eigenvalue weighted by molar-refractivity contribution is 5.19. The minimum Gasteiger partial charge on any atom is -0.170 e. The summed E-state index contributed by atoms with van der Waals surface area (Å²) in [6.07, 6.45) is 1.25. The molecule has 0 saturated heterocycles. The molecule has 68 valence electrons. The lowest BCUT2D eigenvalue weighted by molar-refractivity contribution is -0.162. The first-order chi connectivity index (χ1) is 5.50. The number of hydrogen-bond donors (Lipinski definition) is 0. The number of halogens is 3. The van der Waals surface area contributed by atoms with Crippen LogP contribution >= 0.6 is 0 Å². The Labute approximate surface area is 69.8 Å². The second kappa shape index (κ2) is 3.33. The molecule has 0 nitrogen and oxygen atoms in total. The van der Waals surface area contributed by atoms with Crippen LogP contribution in [0, 0.1) is 5.92 Å². The zero-order valence-electron chi connectivity index (χ0n) is 6.86. The Balaban J connectivity index is 2.68. The van der Waals surface area contributed by atoms with Gasteiger partial charge >= 0.3 is 6.18 Å². The molecule has 1 aliphatic carbocycles. The fourth-order valence-corrected chi connectivity index (χ4v) is 1.20. The minimum absolute atomic E-state index is 0.178. The summed E-state index contributed by atoms with van der Waals surface area (Å²) in [5.74, 6) is -1.26. The van der Waals surface area contributed by atoms with Gasteiger partial charge in [0.05, 0.1) is 5.92 Å². The monoisotopic (exact) mass is 176 g/mol. The first-order valence-corrected chi connectivity index (χ1v) is 3.92. The van der Waals surface area contributed by atoms with Crippen molar-refractivity contribution in [2.75, 3.05) is 0 Å². The minimum atomic E-state index is -4.07. The number of rotatable bonds is 0. The van der Waals surface area contributed by atoms with Gasteiger partial charge in [-0.25, -0.2) is 0 Å². The fourth-order valence-electron chi connectivity index (χ4n) is 1.20. The van der Waals surface area contributed by atoms with Gasteiger partial charge in [-0.3, -0.25) is 0 Å². The Kier molecular flexibility index (Phi) is 2.60. The Bertz CT molecular complexity index is 210. The molecule has 0 aromatic heterocycles. The van der Waals surface area contributed by atoms with Crippen LogP contribution < -0.4 is 0 Å². The number of allylic oxidation sites excluding steroid dienone is 4.